The van der Waals surface area contributed by atoms with Gasteiger partial charge in [0.1, 0.15) is 34.9 Å². The molecule has 2 saturated carbocycles. The summed E-state index contributed by atoms with van der Waals surface area (Å²) in [6.07, 6.45) is -3.67. The second-order valence-corrected chi connectivity index (χ2v) is 18.2. The minimum Gasteiger partial charge on any atom is -0.497 e. The number of carbonyl (C=O) groups excluding carboxylic acids is 3. The summed E-state index contributed by atoms with van der Waals surface area (Å²) in [5, 5.41) is 8.11. The number of aromatic nitrogens is 2. The Morgan fingerprint density at radius 2 is 1.83 bits per heavy atom. The van der Waals surface area contributed by atoms with Gasteiger partial charge in [0.2, 0.25) is 28.3 Å². The molecule has 5 N–H and O–H groups in total. The van der Waals surface area contributed by atoms with Crippen molar-refractivity contribution < 1.29 is 41.1 Å². The van der Waals surface area contributed by atoms with Crippen molar-refractivity contribution in [2.75, 3.05) is 19.0 Å². The number of anilines is 1. The molecule has 0 radical (unpaired) electrons. The standard InChI is InChI=1S/C35H45F2N7O7S2/c1-17(2)39-33-41-25(16-52-33)24-13-27(21-10-7-18(50-6)11-23(21)40-24)51-19-12-26(44(15-19)31(46)28(38)34(3,4)5)30(45)42-35(14-22(35)29(36)37)32(47)43-53(48,49)20-8-9-20/h7,10-11,13,16-17,19-20,22,26,28-29H,8-9,12,14-15,38H2,1-6H3,(H,39,41)(H,42,45)(H,43,47)/t19-,22+,26?,28-,35+/m1/s1. The number of hydrogen-bond donors (Lipinski definition) is 4. The zero-order chi connectivity index (χ0) is 38.6. The maximum Gasteiger partial charge on any atom is 0.259 e. The first-order chi connectivity index (χ1) is 24.8. The number of hydrogen-bond acceptors (Lipinski definition) is 12. The first-order valence-corrected chi connectivity index (χ1v) is 19.9. The van der Waals surface area contributed by atoms with E-state index in [0.717, 1.165) is 0 Å². The van der Waals surface area contributed by atoms with Crippen LogP contribution in [-0.2, 0) is 24.4 Å². The molecule has 5 atom stereocenters. The number of amides is 3. The van der Waals surface area contributed by atoms with Gasteiger partial charge in [0.25, 0.3) is 5.91 Å². The molecule has 18 heteroatoms. The molecular formula is C35H45F2N7O7S2. The fourth-order valence-electron chi connectivity index (χ4n) is 6.38. The summed E-state index contributed by atoms with van der Waals surface area (Å²) in [7, 11) is -2.56. The van der Waals surface area contributed by atoms with Gasteiger partial charge in [0, 0.05) is 35.4 Å². The summed E-state index contributed by atoms with van der Waals surface area (Å²) in [4.78, 5) is 52.0. The number of nitrogens with zero attached hydrogens (tertiary/aromatic N) is 3. The van der Waals surface area contributed by atoms with E-state index >= 15 is 0 Å². The molecule has 3 heterocycles. The van der Waals surface area contributed by atoms with Crippen LogP contribution >= 0.6 is 11.3 Å². The molecule has 1 saturated heterocycles. The van der Waals surface area contributed by atoms with Gasteiger partial charge in [-0.2, -0.15) is 0 Å². The smallest absolute Gasteiger partial charge is 0.259 e. The van der Waals surface area contributed by atoms with Crippen molar-refractivity contribution in [1.82, 2.24) is 24.9 Å². The van der Waals surface area contributed by atoms with Gasteiger partial charge in [-0.3, -0.25) is 19.1 Å². The molecule has 1 unspecified atom stereocenters. The zero-order valence-electron chi connectivity index (χ0n) is 30.3. The summed E-state index contributed by atoms with van der Waals surface area (Å²) in [5.74, 6) is -3.36. The minimum absolute atomic E-state index is 0.0830. The van der Waals surface area contributed by atoms with E-state index in [0.29, 0.717) is 51.8 Å². The lowest BCUT2D eigenvalue weighted by Crippen LogP contribution is -2.59. The zero-order valence-corrected chi connectivity index (χ0v) is 31.9. The number of nitrogens with one attached hydrogen (secondary N) is 3. The van der Waals surface area contributed by atoms with Crippen LogP contribution in [0.15, 0.2) is 29.6 Å². The van der Waals surface area contributed by atoms with E-state index in [4.69, 9.17) is 20.2 Å². The molecule has 14 nitrogen and oxygen atoms in total. The molecule has 1 aliphatic heterocycles. The van der Waals surface area contributed by atoms with E-state index in [1.54, 1.807) is 45.0 Å². The number of methoxy groups -OCH3 is 1. The molecule has 3 fully saturated rings. The Hall–Kier alpha value is -4.16. The molecule has 3 amide bonds. The highest BCUT2D eigenvalue weighted by molar-refractivity contribution is 7.91. The number of sulfonamides is 1. The van der Waals surface area contributed by atoms with E-state index in [-0.39, 0.29) is 19.0 Å². The van der Waals surface area contributed by atoms with Crippen LogP contribution in [0, 0.1) is 11.3 Å². The Labute approximate surface area is 310 Å². The van der Waals surface area contributed by atoms with Gasteiger partial charge in [-0.15, -0.1) is 11.3 Å². The number of benzene rings is 1. The van der Waals surface area contributed by atoms with E-state index in [2.05, 4.69) is 15.6 Å². The SMILES string of the molecule is COc1ccc2c(O[C@@H]3CC(C(=O)N[C@@]4(C(=O)NS(=O)(=O)C5CC5)C[C@H]4C(F)F)N(C(=O)[C@@H](N)C(C)(C)C)C3)cc(-c3csc(NC(C)C)n3)nc2c1. The molecule has 1 aromatic carbocycles. The highest BCUT2D eigenvalue weighted by atomic mass is 32.2. The van der Waals surface area contributed by atoms with E-state index in [1.165, 1.54) is 23.3 Å². The summed E-state index contributed by atoms with van der Waals surface area (Å²) in [5.41, 5.74) is 5.14. The predicted octanol–water partition coefficient (Wildman–Crippen LogP) is 3.66. The second-order valence-electron chi connectivity index (χ2n) is 15.3. The minimum atomic E-state index is -4.10. The van der Waals surface area contributed by atoms with Crippen molar-refractivity contribution in [2.24, 2.45) is 17.1 Å². The van der Waals surface area contributed by atoms with Crippen molar-refractivity contribution in [3.05, 3.63) is 29.6 Å². The van der Waals surface area contributed by atoms with Crippen molar-refractivity contribution in [3.8, 4) is 22.9 Å². The van der Waals surface area contributed by atoms with E-state index in [9.17, 15) is 31.6 Å². The van der Waals surface area contributed by atoms with Crippen molar-refractivity contribution in [1.29, 1.82) is 0 Å². The Morgan fingerprint density at radius 3 is 2.43 bits per heavy atom. The Kier molecular flexibility index (Phi) is 10.4. The number of alkyl halides is 2. The summed E-state index contributed by atoms with van der Waals surface area (Å²) in [6, 6.07) is 4.83. The van der Waals surface area contributed by atoms with Gasteiger partial charge in [-0.05, 0) is 50.7 Å². The highest BCUT2D eigenvalue weighted by Gasteiger charge is 2.66. The monoisotopic (exact) mass is 777 g/mol. The van der Waals surface area contributed by atoms with Crippen molar-refractivity contribution in [3.63, 3.8) is 0 Å². The van der Waals surface area contributed by atoms with E-state index < -0.39 is 80.9 Å². The van der Waals surface area contributed by atoms with Crippen molar-refractivity contribution >= 4 is 55.1 Å². The molecule has 288 valence electrons. The highest BCUT2D eigenvalue weighted by Crippen LogP contribution is 2.48. The number of thiazole rings is 1. The lowest BCUT2D eigenvalue weighted by atomic mass is 9.86. The third-order valence-electron chi connectivity index (χ3n) is 9.77. The average molecular weight is 778 g/mol. The molecule has 0 bridgehead atoms. The van der Waals surface area contributed by atoms with Crippen molar-refractivity contribution in [2.45, 2.75) is 102 Å². The average Bonchev–Trinajstić information content (AvgIpc) is 3.98. The normalized spacial score (nSPS) is 23.6. The number of nitrogens with two attached hydrogens (primary N) is 1. The summed E-state index contributed by atoms with van der Waals surface area (Å²) in [6.45, 7) is 9.21. The van der Waals surface area contributed by atoms with Crippen LogP contribution in [0.3, 0.4) is 0 Å². The number of ether oxygens (including phenoxy) is 2. The predicted molar refractivity (Wildman–Crippen MR) is 195 cm³/mol. The number of carbonyl (C=O) groups is 3. The molecule has 3 aliphatic rings. The first kappa shape index (κ1) is 38.6. The molecule has 3 aromatic rings. The second kappa shape index (κ2) is 14.2. The number of halogens is 2. The van der Waals surface area contributed by atoms with Crippen LogP contribution in [0.4, 0.5) is 13.9 Å². The molecule has 53 heavy (non-hydrogen) atoms. The van der Waals surface area contributed by atoms with Gasteiger partial charge in [0.05, 0.1) is 42.1 Å². The Balaban J connectivity index is 1.31. The molecule has 2 aliphatic carbocycles. The van der Waals surface area contributed by atoms with Gasteiger partial charge in [0.15, 0.2) is 5.13 Å². The van der Waals surface area contributed by atoms with Gasteiger partial charge in [-0.1, -0.05) is 20.8 Å². The Bertz CT molecular complexity index is 2020. The number of pyridine rings is 1. The lowest BCUT2D eigenvalue weighted by Gasteiger charge is -2.33. The number of fused-ring (bicyclic) bond motifs is 1. The van der Waals surface area contributed by atoms with Crippen LogP contribution in [0.2, 0.25) is 0 Å². The third kappa shape index (κ3) is 8.04. The first-order valence-electron chi connectivity index (χ1n) is 17.4. The number of rotatable bonds is 13. The quantitative estimate of drug-likeness (QED) is 0.198. The van der Waals surface area contributed by atoms with Crippen LogP contribution in [0.1, 0.15) is 60.3 Å². The van der Waals surface area contributed by atoms with E-state index in [1.807, 2.05) is 23.9 Å². The van der Waals surface area contributed by atoms with Gasteiger partial charge < -0.3 is 30.7 Å². The largest absolute Gasteiger partial charge is 0.497 e. The molecule has 2 aromatic heterocycles. The van der Waals surface area contributed by atoms with Crippen LogP contribution < -0.4 is 30.6 Å². The lowest BCUT2D eigenvalue weighted by molar-refractivity contribution is -0.142. The van der Waals surface area contributed by atoms with Gasteiger partial charge in [-0.25, -0.2) is 27.2 Å². The summed E-state index contributed by atoms with van der Waals surface area (Å²) < 4.78 is 67.1. The topological polar surface area (TPSA) is 195 Å². The van der Waals surface area contributed by atoms with Crippen LogP contribution in [-0.4, -0.2) is 96.1 Å². The third-order valence-corrected chi connectivity index (χ3v) is 12.4. The molecule has 0 spiro atoms. The van der Waals surface area contributed by atoms with Gasteiger partial charge >= 0.3 is 0 Å². The summed E-state index contributed by atoms with van der Waals surface area (Å²) >= 11 is 1.42. The fraction of sp³-hybridized carbons (Fsp3) is 0.571. The molecule has 6 rings (SSSR count). The Morgan fingerprint density at radius 1 is 1.11 bits per heavy atom. The maximum atomic E-state index is 14.1. The fourth-order valence-corrected chi connectivity index (χ4v) is 8.59. The maximum absolute atomic E-state index is 14.1. The van der Waals surface area contributed by atoms with Crippen LogP contribution in [0.25, 0.3) is 22.3 Å². The van der Waals surface area contributed by atoms with Crippen LogP contribution in [0.5, 0.6) is 11.5 Å². The number of likely N-dealkylation sites (tertiary alicyclic amines) is 1. The molecular weight excluding hydrogens is 733 g/mol.